The fourth-order valence-electron chi connectivity index (χ4n) is 3.21. The molecular weight excluding hydrogens is 423 g/mol. The lowest BCUT2D eigenvalue weighted by Gasteiger charge is -2.15. The van der Waals surface area contributed by atoms with Crippen LogP contribution in [0.3, 0.4) is 0 Å². The molecule has 30 heavy (non-hydrogen) atoms. The molecule has 1 aliphatic rings. The number of quaternary nitrogens is 1. The van der Waals surface area contributed by atoms with Crippen LogP contribution in [0.25, 0.3) is 0 Å². The number of carbonyl (C=O) groups is 2. The summed E-state index contributed by atoms with van der Waals surface area (Å²) >= 11 is 0. The van der Waals surface area contributed by atoms with Crippen LogP contribution >= 0.6 is 0 Å². The number of anilines is 1. The van der Waals surface area contributed by atoms with Crippen LogP contribution in [0, 0.1) is 0 Å². The van der Waals surface area contributed by atoms with Crippen LogP contribution in [0.5, 0.6) is 0 Å². The van der Waals surface area contributed by atoms with Crippen molar-refractivity contribution < 1.29 is 36.5 Å². The van der Waals surface area contributed by atoms with E-state index in [4.69, 9.17) is 5.14 Å². The molecule has 0 unspecified atom stereocenters. The molecule has 7 nitrogen and oxygen atoms in total. The van der Waals surface area contributed by atoms with E-state index in [1.54, 1.807) is 17.4 Å². The number of hydrogen-bond donors (Lipinski definition) is 2. The lowest BCUT2D eigenvalue weighted by atomic mass is 10.1. The van der Waals surface area contributed by atoms with E-state index in [1.165, 1.54) is 12.1 Å². The number of rotatable bonds is 6. The Morgan fingerprint density at radius 2 is 1.63 bits per heavy atom. The van der Waals surface area contributed by atoms with Crippen molar-refractivity contribution in [3.05, 3.63) is 59.7 Å². The van der Waals surface area contributed by atoms with Gasteiger partial charge in [-0.05, 0) is 42.0 Å². The van der Waals surface area contributed by atoms with Gasteiger partial charge in [-0.2, -0.15) is 13.2 Å². The Hall–Kier alpha value is -2.76. The highest BCUT2D eigenvalue weighted by molar-refractivity contribution is 7.89. The van der Waals surface area contributed by atoms with E-state index in [0.717, 1.165) is 34.7 Å². The number of imide groups is 1. The number of benzene rings is 2. The standard InChI is InChI=1S/C19H18F3N3O4S/c20-19(21,22)13-3-5-14(6-4-13)25-17(26)11-16(18(25)27)24-10-9-12-1-7-15(8-2-12)30(23,28)29/h1-8,16,24H,9-11H2,(H2,23,28,29)/p+1/t16-/m1/s1. The summed E-state index contributed by atoms with van der Waals surface area (Å²) in [5.41, 5.74) is 0.0735. The first-order valence-electron chi connectivity index (χ1n) is 8.96. The zero-order valence-corrected chi connectivity index (χ0v) is 16.4. The number of carbonyl (C=O) groups excluding carboxylic acids is 2. The van der Waals surface area contributed by atoms with Crippen LogP contribution in [-0.4, -0.2) is 32.8 Å². The van der Waals surface area contributed by atoms with Crippen molar-refractivity contribution >= 4 is 27.5 Å². The smallest absolute Gasteiger partial charge is 0.335 e. The van der Waals surface area contributed by atoms with Gasteiger partial charge in [0.1, 0.15) is 0 Å². The van der Waals surface area contributed by atoms with Crippen molar-refractivity contribution in [3.8, 4) is 0 Å². The highest BCUT2D eigenvalue weighted by atomic mass is 32.2. The first kappa shape index (κ1) is 21.9. The normalized spacial score (nSPS) is 17.6. The number of sulfonamides is 1. The minimum Gasteiger partial charge on any atom is -0.335 e. The fourth-order valence-corrected chi connectivity index (χ4v) is 3.72. The van der Waals surface area contributed by atoms with Gasteiger partial charge in [-0.25, -0.2) is 18.5 Å². The van der Waals surface area contributed by atoms with Crippen LogP contribution < -0.4 is 15.4 Å². The summed E-state index contributed by atoms with van der Waals surface area (Å²) in [6.07, 6.45) is -4.03. The number of hydrogen-bond acceptors (Lipinski definition) is 4. The molecule has 11 heteroatoms. The monoisotopic (exact) mass is 442 g/mol. The summed E-state index contributed by atoms with van der Waals surface area (Å²) in [6.45, 7) is 0.458. The molecule has 0 aliphatic carbocycles. The van der Waals surface area contributed by atoms with Crippen molar-refractivity contribution in [2.75, 3.05) is 11.4 Å². The molecule has 1 saturated heterocycles. The van der Waals surface area contributed by atoms with Gasteiger partial charge < -0.3 is 5.32 Å². The molecule has 0 saturated carbocycles. The first-order valence-corrected chi connectivity index (χ1v) is 10.5. The topological polar surface area (TPSA) is 114 Å². The van der Waals surface area contributed by atoms with Crippen LogP contribution in [-0.2, 0) is 32.2 Å². The van der Waals surface area contributed by atoms with E-state index in [0.29, 0.717) is 13.0 Å². The molecule has 0 bridgehead atoms. The minimum absolute atomic E-state index is 0.000944. The number of nitrogens with zero attached hydrogens (tertiary/aromatic N) is 1. The molecule has 160 valence electrons. The van der Waals surface area contributed by atoms with E-state index >= 15 is 0 Å². The molecular formula is C19H19F3N3O4S+. The van der Waals surface area contributed by atoms with Crippen LogP contribution in [0.2, 0.25) is 0 Å². The molecule has 0 aromatic heterocycles. The largest absolute Gasteiger partial charge is 0.416 e. The van der Waals surface area contributed by atoms with Gasteiger partial charge in [0.05, 0.1) is 29.1 Å². The lowest BCUT2D eigenvalue weighted by molar-refractivity contribution is -0.674. The van der Waals surface area contributed by atoms with E-state index in [9.17, 15) is 31.2 Å². The molecule has 0 spiro atoms. The van der Waals surface area contributed by atoms with Crippen molar-refractivity contribution in [1.82, 2.24) is 0 Å². The molecule has 1 aliphatic heterocycles. The third-order valence-corrected chi connectivity index (χ3v) is 5.70. The summed E-state index contributed by atoms with van der Waals surface area (Å²) in [5, 5.41) is 6.74. The summed E-state index contributed by atoms with van der Waals surface area (Å²) in [4.78, 5) is 25.7. The Morgan fingerprint density at radius 3 is 2.17 bits per heavy atom. The van der Waals surface area contributed by atoms with Gasteiger partial charge in [0.2, 0.25) is 15.9 Å². The average molecular weight is 442 g/mol. The van der Waals surface area contributed by atoms with Gasteiger partial charge in [-0.3, -0.25) is 9.59 Å². The molecule has 1 heterocycles. The van der Waals surface area contributed by atoms with Gasteiger partial charge >= 0.3 is 6.18 Å². The Bertz CT molecular complexity index is 1050. The van der Waals surface area contributed by atoms with Crippen molar-refractivity contribution in [2.24, 2.45) is 5.14 Å². The first-order chi connectivity index (χ1) is 14.0. The second kappa shape index (κ2) is 8.17. The maximum atomic E-state index is 12.7. The molecule has 1 atom stereocenters. The van der Waals surface area contributed by atoms with Gasteiger partial charge in [0, 0.05) is 6.42 Å². The Labute approximate surface area is 170 Å². The Balaban J connectivity index is 1.60. The zero-order valence-electron chi connectivity index (χ0n) is 15.6. The number of amides is 2. The molecule has 1 fully saturated rings. The number of halogens is 3. The van der Waals surface area contributed by atoms with Crippen LogP contribution in [0.15, 0.2) is 53.4 Å². The second-order valence-electron chi connectivity index (χ2n) is 6.89. The van der Waals surface area contributed by atoms with Crippen molar-refractivity contribution in [3.63, 3.8) is 0 Å². The van der Waals surface area contributed by atoms with Crippen LogP contribution in [0.1, 0.15) is 17.5 Å². The predicted octanol–water partition coefficient (Wildman–Crippen LogP) is 0.791. The van der Waals surface area contributed by atoms with Gasteiger partial charge in [-0.1, -0.05) is 12.1 Å². The van der Waals surface area contributed by atoms with Gasteiger partial charge in [0.15, 0.2) is 6.04 Å². The summed E-state index contributed by atoms with van der Waals surface area (Å²) < 4.78 is 60.6. The maximum Gasteiger partial charge on any atom is 0.416 e. The highest BCUT2D eigenvalue weighted by Crippen LogP contribution is 2.31. The predicted molar refractivity (Wildman–Crippen MR) is 101 cm³/mol. The number of alkyl halides is 3. The average Bonchev–Trinajstić information content (AvgIpc) is 2.94. The Morgan fingerprint density at radius 1 is 1.03 bits per heavy atom. The van der Waals surface area contributed by atoms with E-state index < -0.39 is 39.6 Å². The number of nitrogens with two attached hydrogens (primary N) is 2. The Kier molecular flexibility index (Phi) is 5.97. The summed E-state index contributed by atoms with van der Waals surface area (Å²) in [6, 6.07) is 9.22. The quantitative estimate of drug-likeness (QED) is 0.644. The molecule has 4 N–H and O–H groups in total. The van der Waals surface area contributed by atoms with Gasteiger partial charge in [-0.15, -0.1) is 0 Å². The molecule has 2 aromatic carbocycles. The zero-order chi connectivity index (χ0) is 22.1. The van der Waals surface area contributed by atoms with Crippen molar-refractivity contribution in [2.45, 2.75) is 30.0 Å². The van der Waals surface area contributed by atoms with Gasteiger partial charge in [0.25, 0.3) is 5.91 Å². The minimum atomic E-state index is -4.50. The third-order valence-electron chi connectivity index (χ3n) is 4.77. The molecule has 2 amide bonds. The lowest BCUT2D eigenvalue weighted by Crippen LogP contribution is -2.92. The SMILES string of the molecule is NS(=O)(=O)c1ccc(CC[NH2+][C@@H]2CC(=O)N(c3ccc(C(F)(F)F)cc3)C2=O)cc1. The van der Waals surface area contributed by atoms with Crippen molar-refractivity contribution in [1.29, 1.82) is 0 Å². The van der Waals surface area contributed by atoms with Crippen LogP contribution in [0.4, 0.5) is 18.9 Å². The second-order valence-corrected chi connectivity index (χ2v) is 8.45. The highest BCUT2D eigenvalue weighted by Gasteiger charge is 2.42. The molecule has 2 aromatic rings. The third kappa shape index (κ3) is 4.86. The van der Waals surface area contributed by atoms with E-state index in [-0.39, 0.29) is 17.0 Å². The summed E-state index contributed by atoms with van der Waals surface area (Å²) in [7, 11) is -3.77. The fraction of sp³-hybridized carbons (Fsp3) is 0.263. The van der Waals surface area contributed by atoms with E-state index in [2.05, 4.69) is 0 Å². The summed E-state index contributed by atoms with van der Waals surface area (Å²) in [5.74, 6) is -0.956. The molecule has 3 rings (SSSR count). The number of primary sulfonamides is 1. The molecule has 0 radical (unpaired) electrons. The van der Waals surface area contributed by atoms with E-state index in [1.807, 2.05) is 0 Å². The maximum absolute atomic E-state index is 12.7.